The lowest BCUT2D eigenvalue weighted by atomic mass is 10.1. The van der Waals surface area contributed by atoms with Gasteiger partial charge in [-0.3, -0.25) is 4.99 Å². The first-order valence-electron chi connectivity index (χ1n) is 6.38. The van der Waals surface area contributed by atoms with Crippen LogP contribution in [0.4, 0.5) is 0 Å². The van der Waals surface area contributed by atoms with Gasteiger partial charge >= 0.3 is 0 Å². The number of methoxy groups -OCH3 is 1. The van der Waals surface area contributed by atoms with E-state index in [0.717, 1.165) is 44.9 Å². The number of hydrogen-bond donors (Lipinski definition) is 3. The molecule has 0 aliphatic heterocycles. The monoisotopic (exact) mass is 243 g/mol. The summed E-state index contributed by atoms with van der Waals surface area (Å²) >= 11 is 0. The highest BCUT2D eigenvalue weighted by Gasteiger charge is 2.41. The summed E-state index contributed by atoms with van der Waals surface area (Å²) in [5.74, 6) is 0.836. The molecule has 0 amide bonds. The Balaban J connectivity index is 2.28. The van der Waals surface area contributed by atoms with Crippen LogP contribution >= 0.6 is 0 Å². The summed E-state index contributed by atoms with van der Waals surface area (Å²) < 4.78 is 4.99. The number of hydrogen-bond acceptors (Lipinski definition) is 3. The van der Waals surface area contributed by atoms with E-state index < -0.39 is 0 Å². The molecule has 5 heteroatoms. The van der Waals surface area contributed by atoms with E-state index in [-0.39, 0.29) is 12.0 Å². The fourth-order valence-electron chi connectivity index (χ4n) is 1.55. The van der Waals surface area contributed by atoms with Crippen molar-refractivity contribution in [3.05, 3.63) is 0 Å². The van der Waals surface area contributed by atoms with Crippen LogP contribution in [0.3, 0.4) is 0 Å². The predicted octanol–water partition coefficient (Wildman–Crippen LogP) is 0.351. The van der Waals surface area contributed by atoms with Crippen molar-refractivity contribution < 1.29 is 9.84 Å². The van der Waals surface area contributed by atoms with Gasteiger partial charge in [0.05, 0.1) is 13.2 Å². The Morgan fingerprint density at radius 2 is 2.18 bits per heavy atom. The molecule has 1 saturated carbocycles. The lowest BCUT2D eigenvalue weighted by Crippen LogP contribution is -2.38. The zero-order valence-electron chi connectivity index (χ0n) is 11.0. The third-order valence-corrected chi connectivity index (χ3v) is 3.03. The fraction of sp³-hybridized carbons (Fsp3) is 0.917. The normalized spacial score (nSPS) is 17.9. The van der Waals surface area contributed by atoms with Crippen LogP contribution in [0.5, 0.6) is 0 Å². The quantitative estimate of drug-likeness (QED) is 0.327. The first-order chi connectivity index (χ1) is 8.26. The molecule has 1 rings (SSSR count). The maximum absolute atomic E-state index is 9.22. The Hall–Kier alpha value is -0.810. The number of aliphatic imine (C=N–C) groups is 1. The van der Waals surface area contributed by atoms with Crippen LogP contribution in [0.2, 0.25) is 0 Å². The summed E-state index contributed by atoms with van der Waals surface area (Å²) in [6.45, 7) is 5.47. The molecule has 3 N–H and O–H groups in total. The van der Waals surface area contributed by atoms with Crippen molar-refractivity contribution in [3.8, 4) is 0 Å². The van der Waals surface area contributed by atoms with Crippen LogP contribution < -0.4 is 10.6 Å². The molecule has 1 aliphatic carbocycles. The van der Waals surface area contributed by atoms with Crippen molar-refractivity contribution in [2.75, 3.05) is 40.0 Å². The highest BCUT2D eigenvalue weighted by molar-refractivity contribution is 5.79. The van der Waals surface area contributed by atoms with Crippen LogP contribution in [0.15, 0.2) is 4.99 Å². The molecule has 0 saturated heterocycles. The van der Waals surface area contributed by atoms with Crippen molar-refractivity contribution in [2.24, 2.45) is 10.4 Å². The molecule has 0 heterocycles. The Morgan fingerprint density at radius 1 is 1.41 bits per heavy atom. The molecule has 1 fully saturated rings. The van der Waals surface area contributed by atoms with E-state index in [9.17, 15) is 5.11 Å². The molecule has 0 aromatic heterocycles. The van der Waals surface area contributed by atoms with Gasteiger partial charge in [-0.1, -0.05) is 0 Å². The predicted molar refractivity (Wildman–Crippen MR) is 69.2 cm³/mol. The zero-order chi connectivity index (χ0) is 12.6. The molecule has 100 valence electrons. The van der Waals surface area contributed by atoms with Crippen LogP contribution in [-0.2, 0) is 4.74 Å². The Kier molecular flexibility index (Phi) is 6.29. The molecule has 0 radical (unpaired) electrons. The van der Waals surface area contributed by atoms with Gasteiger partial charge in [0, 0.05) is 32.2 Å². The SMILES string of the molecule is CCNC(=NCC1(CO)CC1)NCCCOC. The number of nitrogens with zero attached hydrogens (tertiary/aromatic N) is 1. The third-order valence-electron chi connectivity index (χ3n) is 3.03. The zero-order valence-corrected chi connectivity index (χ0v) is 11.0. The van der Waals surface area contributed by atoms with Gasteiger partial charge in [-0.2, -0.15) is 0 Å². The average molecular weight is 243 g/mol. The second-order valence-electron chi connectivity index (χ2n) is 4.63. The standard InChI is InChI=1S/C12H25N3O2/c1-3-13-11(14-7-4-8-17-2)15-9-12(10-16)5-6-12/h16H,3-10H2,1-2H3,(H2,13,14,15). The number of rotatable bonds is 8. The lowest BCUT2D eigenvalue weighted by Gasteiger charge is -2.13. The number of guanidine groups is 1. The van der Waals surface area contributed by atoms with Gasteiger partial charge in [0.2, 0.25) is 0 Å². The number of aliphatic hydroxyl groups is 1. The summed E-state index contributed by atoms with van der Waals surface area (Å²) in [6.07, 6.45) is 3.15. The third kappa shape index (κ3) is 5.37. The molecule has 1 aliphatic rings. The Labute approximate surface area is 104 Å². The van der Waals surface area contributed by atoms with E-state index in [1.165, 1.54) is 0 Å². The summed E-state index contributed by atoms with van der Waals surface area (Å²) in [7, 11) is 1.71. The molecule has 0 atom stereocenters. The first-order valence-corrected chi connectivity index (χ1v) is 6.38. The molecule has 17 heavy (non-hydrogen) atoms. The maximum Gasteiger partial charge on any atom is 0.191 e. The summed E-state index contributed by atoms with van der Waals surface area (Å²) in [5.41, 5.74) is 0.0783. The van der Waals surface area contributed by atoms with E-state index in [1.807, 2.05) is 6.92 Å². The minimum Gasteiger partial charge on any atom is -0.396 e. The maximum atomic E-state index is 9.22. The minimum atomic E-state index is 0.0783. The lowest BCUT2D eigenvalue weighted by molar-refractivity contribution is 0.195. The molecule has 0 bridgehead atoms. The van der Waals surface area contributed by atoms with E-state index >= 15 is 0 Å². The second kappa shape index (κ2) is 7.50. The van der Waals surface area contributed by atoms with E-state index in [4.69, 9.17) is 4.74 Å². The molecule has 0 spiro atoms. The van der Waals surface area contributed by atoms with Gasteiger partial charge in [0.15, 0.2) is 5.96 Å². The average Bonchev–Trinajstić information content (AvgIpc) is 3.12. The van der Waals surface area contributed by atoms with Crippen LogP contribution in [0.25, 0.3) is 0 Å². The number of aliphatic hydroxyl groups excluding tert-OH is 1. The molecular weight excluding hydrogens is 218 g/mol. The van der Waals surface area contributed by atoms with Crippen molar-refractivity contribution in [2.45, 2.75) is 26.2 Å². The summed E-state index contributed by atoms with van der Waals surface area (Å²) in [5, 5.41) is 15.7. The number of nitrogens with one attached hydrogen (secondary N) is 2. The molecule has 5 nitrogen and oxygen atoms in total. The molecule has 0 aromatic carbocycles. The van der Waals surface area contributed by atoms with Crippen molar-refractivity contribution >= 4 is 5.96 Å². The van der Waals surface area contributed by atoms with Gasteiger partial charge in [-0.05, 0) is 26.2 Å². The minimum absolute atomic E-state index is 0.0783. The summed E-state index contributed by atoms with van der Waals surface area (Å²) in [4.78, 5) is 4.51. The van der Waals surface area contributed by atoms with Crippen molar-refractivity contribution in [1.29, 1.82) is 0 Å². The van der Waals surface area contributed by atoms with Gasteiger partial charge in [-0.15, -0.1) is 0 Å². The van der Waals surface area contributed by atoms with Gasteiger partial charge in [0.1, 0.15) is 0 Å². The van der Waals surface area contributed by atoms with Crippen LogP contribution in [0.1, 0.15) is 26.2 Å². The highest BCUT2D eigenvalue weighted by atomic mass is 16.5. The van der Waals surface area contributed by atoms with Gasteiger partial charge in [0.25, 0.3) is 0 Å². The summed E-state index contributed by atoms with van der Waals surface area (Å²) in [6, 6.07) is 0. The first kappa shape index (κ1) is 14.3. The van der Waals surface area contributed by atoms with Crippen LogP contribution in [0, 0.1) is 5.41 Å². The second-order valence-corrected chi connectivity index (χ2v) is 4.63. The van der Waals surface area contributed by atoms with E-state index in [0.29, 0.717) is 6.54 Å². The fourth-order valence-corrected chi connectivity index (χ4v) is 1.55. The molecule has 0 unspecified atom stereocenters. The topological polar surface area (TPSA) is 65.9 Å². The Bertz CT molecular complexity index is 240. The smallest absolute Gasteiger partial charge is 0.191 e. The Morgan fingerprint density at radius 3 is 2.71 bits per heavy atom. The van der Waals surface area contributed by atoms with Gasteiger partial charge in [-0.25, -0.2) is 0 Å². The van der Waals surface area contributed by atoms with E-state index in [2.05, 4.69) is 15.6 Å². The van der Waals surface area contributed by atoms with Crippen molar-refractivity contribution in [3.63, 3.8) is 0 Å². The molecule has 0 aromatic rings. The number of ether oxygens (including phenoxy) is 1. The van der Waals surface area contributed by atoms with Gasteiger partial charge < -0.3 is 20.5 Å². The largest absolute Gasteiger partial charge is 0.396 e. The molecular formula is C12H25N3O2. The van der Waals surface area contributed by atoms with Crippen molar-refractivity contribution in [1.82, 2.24) is 10.6 Å². The van der Waals surface area contributed by atoms with Crippen LogP contribution in [-0.4, -0.2) is 51.0 Å². The van der Waals surface area contributed by atoms with E-state index in [1.54, 1.807) is 7.11 Å². The highest BCUT2D eigenvalue weighted by Crippen LogP contribution is 2.45.